The fourth-order valence-corrected chi connectivity index (χ4v) is 8.96. The monoisotopic (exact) mass is 715 g/mol. The van der Waals surface area contributed by atoms with Gasteiger partial charge in [0, 0.05) is 22.4 Å². The molecule has 10 rings (SSSR count). The van der Waals surface area contributed by atoms with E-state index in [9.17, 15) is 0 Å². The molecule has 0 aliphatic heterocycles. The molecule has 9 aromatic carbocycles. The second-order valence-electron chi connectivity index (χ2n) is 15.3. The summed E-state index contributed by atoms with van der Waals surface area (Å²) < 4.78 is 0. The van der Waals surface area contributed by atoms with Crippen molar-refractivity contribution in [2.75, 3.05) is 4.90 Å². The van der Waals surface area contributed by atoms with Crippen molar-refractivity contribution in [2.45, 2.75) is 19.3 Å². The lowest BCUT2D eigenvalue weighted by molar-refractivity contribution is 0.662. The molecule has 0 fully saturated rings. The molecular formula is C55H41N. The highest BCUT2D eigenvalue weighted by Gasteiger charge is 2.37. The molecule has 0 atom stereocenters. The van der Waals surface area contributed by atoms with Crippen LogP contribution >= 0.6 is 0 Å². The third-order valence-electron chi connectivity index (χ3n) is 11.7. The summed E-state index contributed by atoms with van der Waals surface area (Å²) in [6.07, 6.45) is 0. The molecule has 0 N–H and O–H groups in total. The first-order chi connectivity index (χ1) is 27.5. The molecule has 0 amide bonds. The quantitative estimate of drug-likeness (QED) is 0.159. The minimum atomic E-state index is -0.0969. The molecule has 1 aliphatic rings. The van der Waals surface area contributed by atoms with Crippen LogP contribution in [0.1, 0.15) is 25.0 Å². The van der Waals surface area contributed by atoms with Gasteiger partial charge in [0.1, 0.15) is 0 Å². The van der Waals surface area contributed by atoms with Crippen LogP contribution in [0.2, 0.25) is 0 Å². The predicted molar refractivity (Wildman–Crippen MR) is 238 cm³/mol. The van der Waals surface area contributed by atoms with Gasteiger partial charge in [-0.25, -0.2) is 0 Å². The number of fused-ring (bicyclic) bond motifs is 4. The zero-order valence-corrected chi connectivity index (χ0v) is 31.7. The SMILES string of the molecule is CC1(C)c2ccccc2-c2cccc(-c3ccc(N(c4ccc(-c5ccccc5)cc4)c4cc(-c5cccc6ccccc56)ccc4-c4ccccc4)cc3)c21. The van der Waals surface area contributed by atoms with Crippen LogP contribution in [-0.4, -0.2) is 0 Å². The van der Waals surface area contributed by atoms with Crippen LogP contribution in [0.25, 0.3) is 66.4 Å². The highest BCUT2D eigenvalue weighted by molar-refractivity contribution is 5.99. The normalized spacial score (nSPS) is 12.6. The smallest absolute Gasteiger partial charge is 0.0546 e. The van der Waals surface area contributed by atoms with E-state index < -0.39 is 0 Å². The van der Waals surface area contributed by atoms with E-state index in [0.29, 0.717) is 0 Å². The molecule has 1 heteroatoms. The molecule has 0 saturated heterocycles. The summed E-state index contributed by atoms with van der Waals surface area (Å²) in [6, 6.07) is 77.6. The summed E-state index contributed by atoms with van der Waals surface area (Å²) in [5.41, 5.74) is 18.4. The lowest BCUT2D eigenvalue weighted by atomic mass is 9.79. The largest absolute Gasteiger partial charge is 0.310 e. The van der Waals surface area contributed by atoms with E-state index >= 15 is 0 Å². The van der Waals surface area contributed by atoms with Gasteiger partial charge in [-0.15, -0.1) is 0 Å². The zero-order chi connectivity index (χ0) is 37.6. The van der Waals surface area contributed by atoms with Gasteiger partial charge in [-0.05, 0) is 102 Å². The van der Waals surface area contributed by atoms with Crippen LogP contribution in [0.15, 0.2) is 212 Å². The third kappa shape index (κ3) is 5.72. The molecule has 0 unspecified atom stereocenters. The summed E-state index contributed by atoms with van der Waals surface area (Å²) in [6.45, 7) is 4.73. The molecular weight excluding hydrogens is 675 g/mol. The highest BCUT2D eigenvalue weighted by Crippen LogP contribution is 2.52. The number of hydrogen-bond acceptors (Lipinski definition) is 1. The van der Waals surface area contributed by atoms with Gasteiger partial charge in [0.05, 0.1) is 5.69 Å². The van der Waals surface area contributed by atoms with E-state index in [4.69, 9.17) is 0 Å². The predicted octanol–water partition coefficient (Wildman–Crippen LogP) is 15.3. The molecule has 266 valence electrons. The van der Waals surface area contributed by atoms with Crippen molar-refractivity contribution in [3.63, 3.8) is 0 Å². The number of benzene rings is 9. The van der Waals surface area contributed by atoms with Crippen LogP contribution in [0.4, 0.5) is 17.1 Å². The molecule has 0 bridgehead atoms. The van der Waals surface area contributed by atoms with Gasteiger partial charge in [0.15, 0.2) is 0 Å². The van der Waals surface area contributed by atoms with Crippen LogP contribution in [-0.2, 0) is 5.41 Å². The van der Waals surface area contributed by atoms with E-state index in [1.54, 1.807) is 0 Å². The molecule has 0 saturated carbocycles. The summed E-state index contributed by atoms with van der Waals surface area (Å²) in [4.78, 5) is 2.44. The van der Waals surface area contributed by atoms with Crippen LogP contribution in [0.3, 0.4) is 0 Å². The number of anilines is 3. The maximum atomic E-state index is 2.44. The van der Waals surface area contributed by atoms with Crippen molar-refractivity contribution in [1.82, 2.24) is 0 Å². The van der Waals surface area contributed by atoms with E-state index in [0.717, 1.165) is 17.1 Å². The van der Waals surface area contributed by atoms with Gasteiger partial charge < -0.3 is 4.90 Å². The lowest BCUT2D eigenvalue weighted by Crippen LogP contribution is -2.16. The molecule has 56 heavy (non-hydrogen) atoms. The first-order valence-electron chi connectivity index (χ1n) is 19.5. The van der Waals surface area contributed by atoms with Crippen molar-refractivity contribution in [3.05, 3.63) is 223 Å². The molecule has 1 nitrogen and oxygen atoms in total. The molecule has 9 aromatic rings. The second kappa shape index (κ2) is 13.7. The first kappa shape index (κ1) is 33.6. The van der Waals surface area contributed by atoms with Crippen molar-refractivity contribution in [3.8, 4) is 55.6 Å². The van der Waals surface area contributed by atoms with Crippen molar-refractivity contribution in [1.29, 1.82) is 0 Å². The Hall–Kier alpha value is -6.96. The standard InChI is InChI=1S/C55H41N/c1-55(2)52-26-12-11-22-50(52)51-25-14-24-49(54(51)55)42-29-34-45(35-30-42)56(44-32-27-39(28-33-44)38-15-5-3-6-16-38)53-37-43(31-36-48(53)41-17-7-4-8-18-41)47-23-13-20-40-19-9-10-21-46(40)47/h3-37H,1-2H3. The maximum Gasteiger partial charge on any atom is 0.0546 e. The number of hydrogen-bond donors (Lipinski definition) is 0. The molecule has 1 aliphatic carbocycles. The summed E-state index contributed by atoms with van der Waals surface area (Å²) in [7, 11) is 0. The van der Waals surface area contributed by atoms with E-state index in [2.05, 4.69) is 231 Å². The summed E-state index contributed by atoms with van der Waals surface area (Å²) in [5, 5.41) is 2.48. The Morgan fingerprint density at radius 3 is 1.59 bits per heavy atom. The minimum Gasteiger partial charge on any atom is -0.310 e. The minimum absolute atomic E-state index is 0.0969. The Morgan fingerprint density at radius 1 is 0.339 bits per heavy atom. The number of nitrogens with zero attached hydrogens (tertiary/aromatic N) is 1. The first-order valence-corrected chi connectivity index (χ1v) is 19.5. The van der Waals surface area contributed by atoms with Crippen molar-refractivity contribution >= 4 is 27.8 Å². The second-order valence-corrected chi connectivity index (χ2v) is 15.3. The van der Waals surface area contributed by atoms with Gasteiger partial charge in [-0.1, -0.05) is 196 Å². The fourth-order valence-electron chi connectivity index (χ4n) is 8.96. The van der Waals surface area contributed by atoms with Gasteiger partial charge >= 0.3 is 0 Å². The zero-order valence-electron chi connectivity index (χ0n) is 31.7. The van der Waals surface area contributed by atoms with Gasteiger partial charge in [0.2, 0.25) is 0 Å². The van der Waals surface area contributed by atoms with Crippen LogP contribution < -0.4 is 4.90 Å². The summed E-state index contributed by atoms with van der Waals surface area (Å²) >= 11 is 0. The average Bonchev–Trinajstić information content (AvgIpc) is 3.50. The Labute approximate surface area is 329 Å². The Morgan fingerprint density at radius 2 is 0.839 bits per heavy atom. The fraction of sp³-hybridized carbons (Fsp3) is 0.0545. The van der Waals surface area contributed by atoms with Crippen LogP contribution in [0.5, 0.6) is 0 Å². The van der Waals surface area contributed by atoms with E-state index in [-0.39, 0.29) is 5.41 Å². The lowest BCUT2D eigenvalue weighted by Gasteiger charge is -2.29. The van der Waals surface area contributed by atoms with Gasteiger partial charge in [0.25, 0.3) is 0 Å². The Bertz CT molecular complexity index is 2840. The Kier molecular flexibility index (Phi) is 8.23. The van der Waals surface area contributed by atoms with Gasteiger partial charge in [-0.3, -0.25) is 0 Å². The highest BCUT2D eigenvalue weighted by atomic mass is 15.1. The average molecular weight is 716 g/mol. The van der Waals surface area contributed by atoms with Crippen LogP contribution in [0, 0.1) is 0 Å². The number of rotatable bonds is 7. The molecule has 0 heterocycles. The third-order valence-corrected chi connectivity index (χ3v) is 11.7. The molecule has 0 radical (unpaired) electrons. The Balaban J connectivity index is 1.16. The maximum absolute atomic E-state index is 2.44. The summed E-state index contributed by atoms with van der Waals surface area (Å²) in [5.74, 6) is 0. The van der Waals surface area contributed by atoms with E-state index in [1.807, 2.05) is 0 Å². The van der Waals surface area contributed by atoms with E-state index in [1.165, 1.54) is 77.5 Å². The topological polar surface area (TPSA) is 3.24 Å². The van der Waals surface area contributed by atoms with Crippen molar-refractivity contribution < 1.29 is 0 Å². The molecule has 0 spiro atoms. The van der Waals surface area contributed by atoms with Gasteiger partial charge in [-0.2, -0.15) is 0 Å². The molecule has 0 aromatic heterocycles. The van der Waals surface area contributed by atoms with Crippen molar-refractivity contribution in [2.24, 2.45) is 0 Å².